The van der Waals surface area contributed by atoms with E-state index in [1.54, 1.807) is 6.20 Å². The number of hydrogen-bond acceptors (Lipinski definition) is 3. The lowest BCUT2D eigenvalue weighted by Gasteiger charge is -2.06. The van der Waals surface area contributed by atoms with Gasteiger partial charge in [0.2, 0.25) is 0 Å². The monoisotopic (exact) mass is 291 g/mol. The summed E-state index contributed by atoms with van der Waals surface area (Å²) in [5.74, 6) is 0.759. The summed E-state index contributed by atoms with van der Waals surface area (Å²) in [6.45, 7) is 2.66. The van der Waals surface area contributed by atoms with Gasteiger partial charge in [-0.2, -0.15) is 0 Å². The highest BCUT2D eigenvalue weighted by Gasteiger charge is 2.06. The van der Waals surface area contributed by atoms with Crippen LogP contribution in [-0.4, -0.2) is 16.5 Å². The molecule has 0 atom stereocenters. The van der Waals surface area contributed by atoms with E-state index < -0.39 is 0 Å². The maximum Gasteiger partial charge on any atom is 0.159 e. The first-order valence-corrected chi connectivity index (χ1v) is 6.28. The maximum absolute atomic E-state index is 5.54. The normalized spacial score (nSPS) is 10.5. The summed E-state index contributed by atoms with van der Waals surface area (Å²) in [4.78, 5) is 8.84. The molecule has 0 aliphatic rings. The number of rotatable bonds is 3. The Morgan fingerprint density at radius 1 is 1.29 bits per heavy atom. The van der Waals surface area contributed by atoms with Crippen LogP contribution in [0, 0.1) is 6.92 Å². The molecule has 0 saturated carbocycles. The molecule has 2 N–H and O–H groups in total. The molecule has 0 bridgehead atoms. The van der Waals surface area contributed by atoms with Gasteiger partial charge >= 0.3 is 0 Å². The highest BCUT2D eigenvalue weighted by Crippen LogP contribution is 2.23. The zero-order valence-corrected chi connectivity index (χ0v) is 11.2. The van der Waals surface area contributed by atoms with Crippen LogP contribution in [0.25, 0.3) is 11.4 Å². The zero-order chi connectivity index (χ0) is 12.3. The Bertz CT molecular complexity index is 526. The van der Waals surface area contributed by atoms with E-state index in [-0.39, 0.29) is 0 Å². The van der Waals surface area contributed by atoms with Crippen molar-refractivity contribution in [2.45, 2.75) is 13.3 Å². The number of benzene rings is 1. The van der Waals surface area contributed by atoms with E-state index in [9.17, 15) is 0 Å². The molecular formula is C13H14BrN3. The number of nitrogens with two attached hydrogens (primary N) is 1. The van der Waals surface area contributed by atoms with Crippen molar-refractivity contribution in [2.75, 3.05) is 6.54 Å². The fraction of sp³-hybridized carbons (Fsp3) is 0.231. The third-order valence-corrected chi connectivity index (χ3v) is 3.05. The Hall–Kier alpha value is -1.26. The van der Waals surface area contributed by atoms with Gasteiger partial charge in [0.25, 0.3) is 0 Å². The van der Waals surface area contributed by atoms with Crippen LogP contribution < -0.4 is 5.73 Å². The van der Waals surface area contributed by atoms with Crippen LogP contribution in [0.3, 0.4) is 0 Å². The van der Waals surface area contributed by atoms with Gasteiger partial charge in [-0.15, -0.1) is 0 Å². The second-order valence-electron chi connectivity index (χ2n) is 3.87. The molecule has 2 aromatic rings. The van der Waals surface area contributed by atoms with Crippen molar-refractivity contribution in [1.29, 1.82) is 0 Å². The summed E-state index contributed by atoms with van der Waals surface area (Å²) < 4.78 is 1.03. The van der Waals surface area contributed by atoms with E-state index in [1.807, 2.05) is 18.2 Å². The molecule has 1 heterocycles. The second-order valence-corrected chi connectivity index (χ2v) is 4.79. The molecule has 2 rings (SSSR count). The summed E-state index contributed by atoms with van der Waals surface area (Å²) in [6, 6.07) is 8.02. The lowest BCUT2D eigenvalue weighted by atomic mass is 10.1. The smallest absolute Gasteiger partial charge is 0.159 e. The van der Waals surface area contributed by atoms with Crippen LogP contribution in [-0.2, 0) is 6.42 Å². The lowest BCUT2D eigenvalue weighted by molar-refractivity contribution is 0.912. The lowest BCUT2D eigenvalue weighted by Crippen LogP contribution is -2.05. The fourth-order valence-corrected chi connectivity index (χ4v) is 2.01. The Morgan fingerprint density at radius 3 is 2.88 bits per heavy atom. The highest BCUT2D eigenvalue weighted by atomic mass is 79.9. The maximum atomic E-state index is 5.54. The molecule has 0 radical (unpaired) electrons. The van der Waals surface area contributed by atoms with E-state index in [1.165, 1.54) is 0 Å². The number of nitrogens with zero attached hydrogens (tertiary/aromatic N) is 2. The summed E-state index contributed by atoms with van der Waals surface area (Å²) in [5, 5.41) is 0. The summed E-state index contributed by atoms with van der Waals surface area (Å²) in [6.07, 6.45) is 2.57. The van der Waals surface area contributed by atoms with Crippen LogP contribution in [0.1, 0.15) is 11.3 Å². The van der Waals surface area contributed by atoms with Gasteiger partial charge in [0.15, 0.2) is 5.82 Å². The summed E-state index contributed by atoms with van der Waals surface area (Å²) in [7, 11) is 0. The average molecular weight is 292 g/mol. The first-order valence-electron chi connectivity index (χ1n) is 5.49. The van der Waals surface area contributed by atoms with Crippen LogP contribution >= 0.6 is 15.9 Å². The van der Waals surface area contributed by atoms with Gasteiger partial charge in [0.05, 0.1) is 0 Å². The highest BCUT2D eigenvalue weighted by molar-refractivity contribution is 9.10. The molecule has 1 aromatic heterocycles. The first kappa shape index (κ1) is 12.2. The van der Waals surface area contributed by atoms with Crippen molar-refractivity contribution in [3.63, 3.8) is 0 Å². The van der Waals surface area contributed by atoms with Gasteiger partial charge in [0, 0.05) is 28.3 Å². The van der Waals surface area contributed by atoms with Crippen molar-refractivity contribution < 1.29 is 0 Å². The molecule has 17 heavy (non-hydrogen) atoms. The number of aromatic nitrogens is 2. The minimum Gasteiger partial charge on any atom is -0.330 e. The average Bonchev–Trinajstić information content (AvgIpc) is 2.33. The zero-order valence-electron chi connectivity index (χ0n) is 9.65. The molecule has 0 fully saturated rings. The SMILES string of the molecule is Cc1ccc(Br)cc1-c1nccc(CCN)n1. The Kier molecular flexibility index (Phi) is 3.86. The third-order valence-electron chi connectivity index (χ3n) is 2.55. The minimum atomic E-state index is 0.605. The molecule has 0 amide bonds. The Labute approximate surface area is 109 Å². The first-order chi connectivity index (χ1) is 8.20. The van der Waals surface area contributed by atoms with Gasteiger partial charge in [0.1, 0.15) is 0 Å². The van der Waals surface area contributed by atoms with Gasteiger partial charge in [-0.05, 0) is 37.2 Å². The van der Waals surface area contributed by atoms with Gasteiger partial charge < -0.3 is 5.73 Å². The second kappa shape index (κ2) is 5.38. The van der Waals surface area contributed by atoms with Crippen molar-refractivity contribution >= 4 is 15.9 Å². The van der Waals surface area contributed by atoms with E-state index >= 15 is 0 Å². The Balaban J connectivity index is 2.45. The van der Waals surface area contributed by atoms with E-state index in [2.05, 4.69) is 38.9 Å². The minimum absolute atomic E-state index is 0.605. The quantitative estimate of drug-likeness (QED) is 0.946. The molecule has 0 aliphatic heterocycles. The topological polar surface area (TPSA) is 51.8 Å². The molecule has 0 saturated heterocycles. The number of hydrogen-bond donors (Lipinski definition) is 1. The van der Waals surface area contributed by atoms with Crippen molar-refractivity contribution in [2.24, 2.45) is 5.73 Å². The molecule has 1 aromatic carbocycles. The Morgan fingerprint density at radius 2 is 2.12 bits per heavy atom. The van der Waals surface area contributed by atoms with E-state index in [0.29, 0.717) is 6.54 Å². The van der Waals surface area contributed by atoms with Crippen molar-refractivity contribution in [1.82, 2.24) is 9.97 Å². The predicted molar refractivity (Wildman–Crippen MR) is 72.7 cm³/mol. The molecule has 3 nitrogen and oxygen atoms in total. The largest absolute Gasteiger partial charge is 0.330 e. The van der Waals surface area contributed by atoms with Crippen LogP contribution in [0.15, 0.2) is 34.9 Å². The molecule has 4 heteroatoms. The van der Waals surface area contributed by atoms with E-state index in [4.69, 9.17) is 5.73 Å². The number of aryl methyl sites for hydroxylation is 1. The van der Waals surface area contributed by atoms with Gasteiger partial charge in [-0.25, -0.2) is 9.97 Å². The van der Waals surface area contributed by atoms with Crippen LogP contribution in [0.5, 0.6) is 0 Å². The van der Waals surface area contributed by atoms with Crippen LogP contribution in [0.4, 0.5) is 0 Å². The molecular weight excluding hydrogens is 278 g/mol. The summed E-state index contributed by atoms with van der Waals surface area (Å²) >= 11 is 3.47. The molecule has 0 aliphatic carbocycles. The molecule has 0 spiro atoms. The van der Waals surface area contributed by atoms with E-state index in [0.717, 1.165) is 33.5 Å². The van der Waals surface area contributed by atoms with Gasteiger partial charge in [-0.3, -0.25) is 0 Å². The molecule has 88 valence electrons. The van der Waals surface area contributed by atoms with Crippen molar-refractivity contribution in [3.8, 4) is 11.4 Å². The summed E-state index contributed by atoms with van der Waals surface area (Å²) in [5.41, 5.74) is 8.74. The standard InChI is InChI=1S/C13H14BrN3/c1-9-2-3-10(14)8-12(9)13-16-7-5-11(17-13)4-6-15/h2-3,5,7-8H,4,6,15H2,1H3. The predicted octanol–water partition coefficient (Wildman–Crippen LogP) is 2.72. The molecule has 0 unspecified atom stereocenters. The third kappa shape index (κ3) is 2.90. The number of halogens is 1. The van der Waals surface area contributed by atoms with Crippen molar-refractivity contribution in [3.05, 3.63) is 46.2 Å². The van der Waals surface area contributed by atoms with Crippen LogP contribution in [0.2, 0.25) is 0 Å². The van der Waals surface area contributed by atoms with Gasteiger partial charge in [-0.1, -0.05) is 22.0 Å². The fourth-order valence-electron chi connectivity index (χ4n) is 1.65.